The van der Waals surface area contributed by atoms with Gasteiger partial charge in [-0.25, -0.2) is 9.78 Å². The molecule has 0 fully saturated rings. The van der Waals surface area contributed by atoms with Crippen molar-refractivity contribution in [1.82, 2.24) is 18.8 Å². The number of nitrogens with one attached hydrogen (secondary N) is 1. The van der Waals surface area contributed by atoms with Gasteiger partial charge in [-0.05, 0) is 11.5 Å². The number of aryl methyl sites for hydroxylation is 1. The Kier molecular flexibility index (Phi) is 4.53. The SMILES string of the molecule is COc1cc(CN(C)C(=O)Nc2nccn(C)c2=O)sn1. The lowest BCUT2D eigenvalue weighted by Crippen LogP contribution is -2.34. The van der Waals surface area contributed by atoms with E-state index in [-0.39, 0.29) is 11.4 Å². The summed E-state index contributed by atoms with van der Waals surface area (Å²) in [5.74, 6) is 0.515. The number of hydrogen-bond donors (Lipinski definition) is 1. The molecule has 112 valence electrons. The van der Waals surface area contributed by atoms with Crippen LogP contribution in [0.15, 0.2) is 23.3 Å². The lowest BCUT2D eigenvalue weighted by molar-refractivity contribution is 0.221. The summed E-state index contributed by atoms with van der Waals surface area (Å²) in [6.07, 6.45) is 2.97. The van der Waals surface area contributed by atoms with E-state index >= 15 is 0 Å². The van der Waals surface area contributed by atoms with Gasteiger partial charge in [0, 0.05) is 37.4 Å². The van der Waals surface area contributed by atoms with E-state index in [1.54, 1.807) is 20.2 Å². The number of methoxy groups -OCH3 is 1. The Morgan fingerprint density at radius 3 is 3.00 bits per heavy atom. The summed E-state index contributed by atoms with van der Waals surface area (Å²) in [4.78, 5) is 30.0. The maximum Gasteiger partial charge on any atom is 0.323 e. The van der Waals surface area contributed by atoms with E-state index in [0.717, 1.165) is 4.88 Å². The molecule has 21 heavy (non-hydrogen) atoms. The summed E-state index contributed by atoms with van der Waals surface area (Å²) in [5.41, 5.74) is -0.362. The normalized spacial score (nSPS) is 10.2. The standard InChI is InChI=1S/C12H15N5O3S/c1-16-5-4-13-10(11(16)18)14-12(19)17(2)7-8-6-9(20-3)15-21-8/h4-6H,7H2,1-3H3,(H,13,14,19). The molecule has 2 aromatic heterocycles. The predicted molar refractivity (Wildman–Crippen MR) is 78.6 cm³/mol. The summed E-state index contributed by atoms with van der Waals surface area (Å²) in [6, 6.07) is 1.34. The smallest absolute Gasteiger partial charge is 0.323 e. The number of nitrogens with zero attached hydrogens (tertiary/aromatic N) is 4. The lowest BCUT2D eigenvalue weighted by Gasteiger charge is -2.16. The van der Waals surface area contributed by atoms with Gasteiger partial charge < -0.3 is 14.2 Å². The first-order valence-electron chi connectivity index (χ1n) is 6.04. The van der Waals surface area contributed by atoms with Crippen LogP contribution in [0.4, 0.5) is 10.6 Å². The first kappa shape index (κ1) is 15.0. The van der Waals surface area contributed by atoms with Gasteiger partial charge >= 0.3 is 6.03 Å². The fourth-order valence-corrected chi connectivity index (χ4v) is 2.29. The highest BCUT2D eigenvalue weighted by atomic mass is 32.1. The Balaban J connectivity index is 2.02. The van der Waals surface area contributed by atoms with Gasteiger partial charge in [0.25, 0.3) is 5.56 Å². The maximum absolute atomic E-state index is 12.0. The van der Waals surface area contributed by atoms with E-state index < -0.39 is 6.03 Å². The highest BCUT2D eigenvalue weighted by Gasteiger charge is 2.14. The molecule has 2 aromatic rings. The molecule has 1 N–H and O–H groups in total. The molecule has 0 aliphatic heterocycles. The molecular weight excluding hydrogens is 294 g/mol. The van der Waals surface area contributed by atoms with Crippen LogP contribution in [0.5, 0.6) is 5.88 Å². The highest BCUT2D eigenvalue weighted by molar-refractivity contribution is 7.05. The van der Waals surface area contributed by atoms with Gasteiger partial charge in [-0.3, -0.25) is 10.1 Å². The van der Waals surface area contributed by atoms with E-state index in [1.165, 1.54) is 40.5 Å². The summed E-state index contributed by atoms with van der Waals surface area (Å²) >= 11 is 1.25. The number of amides is 2. The average molecular weight is 309 g/mol. The van der Waals surface area contributed by atoms with E-state index in [2.05, 4.69) is 14.7 Å². The van der Waals surface area contributed by atoms with Crippen molar-refractivity contribution in [1.29, 1.82) is 0 Å². The van der Waals surface area contributed by atoms with Crippen LogP contribution in [0.3, 0.4) is 0 Å². The minimum Gasteiger partial charge on any atom is -0.480 e. The topological polar surface area (TPSA) is 89.4 Å². The first-order chi connectivity index (χ1) is 10.0. The Morgan fingerprint density at radius 1 is 1.57 bits per heavy atom. The summed E-state index contributed by atoms with van der Waals surface area (Å²) in [6.45, 7) is 0.361. The van der Waals surface area contributed by atoms with Gasteiger partial charge in [0.05, 0.1) is 13.7 Å². The van der Waals surface area contributed by atoms with Crippen LogP contribution in [0.1, 0.15) is 4.88 Å². The second-order valence-corrected chi connectivity index (χ2v) is 5.20. The number of carbonyl (C=O) groups is 1. The van der Waals surface area contributed by atoms with Crippen molar-refractivity contribution in [3.8, 4) is 5.88 Å². The zero-order valence-corrected chi connectivity index (χ0v) is 12.7. The Morgan fingerprint density at radius 2 is 2.33 bits per heavy atom. The number of carbonyl (C=O) groups excluding carboxylic acids is 1. The van der Waals surface area contributed by atoms with Crippen LogP contribution >= 0.6 is 11.5 Å². The van der Waals surface area contributed by atoms with Crippen molar-refractivity contribution >= 4 is 23.4 Å². The Labute approximate surface area is 125 Å². The van der Waals surface area contributed by atoms with E-state index in [4.69, 9.17) is 4.74 Å². The van der Waals surface area contributed by atoms with Crippen molar-refractivity contribution < 1.29 is 9.53 Å². The quantitative estimate of drug-likeness (QED) is 0.906. The third kappa shape index (κ3) is 3.57. The Bertz CT molecular complexity index is 696. The molecule has 0 radical (unpaired) electrons. The number of rotatable bonds is 4. The second kappa shape index (κ2) is 6.35. The second-order valence-electron chi connectivity index (χ2n) is 4.31. The van der Waals surface area contributed by atoms with Crippen molar-refractivity contribution in [2.75, 3.05) is 19.5 Å². The van der Waals surface area contributed by atoms with Crippen LogP contribution in [-0.4, -0.2) is 39.0 Å². The number of aromatic nitrogens is 3. The van der Waals surface area contributed by atoms with Gasteiger partial charge in [-0.15, -0.1) is 0 Å². The maximum atomic E-state index is 12.0. The molecule has 2 rings (SSSR count). The van der Waals surface area contributed by atoms with Crippen LogP contribution in [-0.2, 0) is 13.6 Å². The van der Waals surface area contributed by atoms with Crippen LogP contribution in [0.25, 0.3) is 0 Å². The molecule has 8 nitrogen and oxygen atoms in total. The molecule has 0 aromatic carbocycles. The fraction of sp³-hybridized carbons (Fsp3) is 0.333. The van der Waals surface area contributed by atoms with Gasteiger partial charge in [0.15, 0.2) is 0 Å². The van der Waals surface area contributed by atoms with Crippen molar-refractivity contribution in [2.45, 2.75) is 6.54 Å². The molecular formula is C12H15N5O3S. The molecule has 2 heterocycles. The number of urea groups is 1. The third-order valence-electron chi connectivity index (χ3n) is 2.73. The summed E-state index contributed by atoms with van der Waals surface area (Å²) in [5, 5.41) is 2.49. The van der Waals surface area contributed by atoms with E-state index in [0.29, 0.717) is 12.4 Å². The van der Waals surface area contributed by atoms with Gasteiger partial charge in [-0.2, -0.15) is 4.37 Å². The average Bonchev–Trinajstić information content (AvgIpc) is 2.91. The largest absolute Gasteiger partial charge is 0.480 e. The minimum absolute atomic E-state index is 0.00117. The van der Waals surface area contributed by atoms with Crippen molar-refractivity contribution in [2.24, 2.45) is 7.05 Å². The van der Waals surface area contributed by atoms with E-state index in [1.807, 2.05) is 0 Å². The van der Waals surface area contributed by atoms with Gasteiger partial charge in [0.2, 0.25) is 11.7 Å². The predicted octanol–water partition coefficient (Wildman–Crippen LogP) is 0.909. The molecule has 0 atom stereocenters. The minimum atomic E-state index is -0.418. The van der Waals surface area contributed by atoms with E-state index in [9.17, 15) is 9.59 Å². The first-order valence-corrected chi connectivity index (χ1v) is 6.82. The van der Waals surface area contributed by atoms with Crippen LogP contribution in [0.2, 0.25) is 0 Å². The molecule has 9 heteroatoms. The molecule has 0 aliphatic rings. The molecule has 0 aliphatic carbocycles. The third-order valence-corrected chi connectivity index (χ3v) is 3.48. The molecule has 2 amide bonds. The van der Waals surface area contributed by atoms with Gasteiger partial charge in [-0.1, -0.05) is 0 Å². The van der Waals surface area contributed by atoms with Crippen LogP contribution in [0, 0.1) is 0 Å². The number of anilines is 1. The van der Waals surface area contributed by atoms with Crippen LogP contribution < -0.4 is 15.6 Å². The number of ether oxygens (including phenoxy) is 1. The fourth-order valence-electron chi connectivity index (χ4n) is 1.55. The Hall–Kier alpha value is -2.42. The van der Waals surface area contributed by atoms with Crippen molar-refractivity contribution in [3.05, 3.63) is 33.7 Å². The molecule has 0 bridgehead atoms. The zero-order chi connectivity index (χ0) is 15.4. The molecule has 0 saturated carbocycles. The van der Waals surface area contributed by atoms with Gasteiger partial charge in [0.1, 0.15) is 0 Å². The molecule has 0 saturated heterocycles. The molecule has 0 unspecified atom stereocenters. The summed E-state index contributed by atoms with van der Waals surface area (Å²) in [7, 11) is 4.74. The lowest BCUT2D eigenvalue weighted by atomic mass is 10.4. The highest BCUT2D eigenvalue weighted by Crippen LogP contribution is 2.17. The monoisotopic (exact) mass is 309 g/mol. The van der Waals surface area contributed by atoms with Crippen molar-refractivity contribution in [3.63, 3.8) is 0 Å². The summed E-state index contributed by atoms with van der Waals surface area (Å²) < 4.78 is 10.4. The number of hydrogen-bond acceptors (Lipinski definition) is 6. The molecule has 0 spiro atoms. The zero-order valence-electron chi connectivity index (χ0n) is 11.9.